The first kappa shape index (κ1) is 22.1. The van der Waals surface area contributed by atoms with Crippen molar-refractivity contribution in [3.8, 4) is 11.5 Å². The van der Waals surface area contributed by atoms with Crippen LogP contribution in [0, 0.1) is 5.92 Å². The summed E-state index contributed by atoms with van der Waals surface area (Å²) in [5.74, 6) is 1.43. The Morgan fingerprint density at radius 3 is 2.91 bits per heavy atom. The first-order valence-corrected chi connectivity index (χ1v) is 11.5. The number of aromatic nitrogens is 3. The van der Waals surface area contributed by atoms with Crippen molar-refractivity contribution in [2.24, 2.45) is 5.92 Å². The van der Waals surface area contributed by atoms with Crippen LogP contribution in [0.4, 0.5) is 5.13 Å². The zero-order valence-corrected chi connectivity index (χ0v) is 19.3. The molecule has 3 aromatic rings. The van der Waals surface area contributed by atoms with E-state index in [-0.39, 0.29) is 12.2 Å². The molecule has 0 saturated carbocycles. The molecule has 0 unspecified atom stereocenters. The SMILES string of the molecule is CCOc1ccc(CNC(=O)c2cc(=O)nc3sc(N4CCC[C@H](C)C4)nn23)cc1OC. The third kappa shape index (κ3) is 4.69. The smallest absolute Gasteiger partial charge is 0.274 e. The minimum atomic E-state index is -0.458. The van der Waals surface area contributed by atoms with Crippen molar-refractivity contribution in [3.05, 3.63) is 45.9 Å². The molecular weight excluding hydrogens is 430 g/mol. The first-order chi connectivity index (χ1) is 15.5. The lowest BCUT2D eigenvalue weighted by Gasteiger charge is -2.30. The Labute approximate surface area is 190 Å². The highest BCUT2D eigenvalue weighted by molar-refractivity contribution is 7.20. The number of carbonyl (C=O) groups excluding carboxylic acids is 1. The summed E-state index contributed by atoms with van der Waals surface area (Å²) in [5, 5.41) is 8.25. The number of nitrogens with zero attached hydrogens (tertiary/aromatic N) is 4. The van der Waals surface area contributed by atoms with Crippen LogP contribution in [-0.4, -0.2) is 47.3 Å². The lowest BCUT2D eigenvalue weighted by Crippen LogP contribution is -2.34. The Balaban J connectivity index is 1.55. The Morgan fingerprint density at radius 1 is 1.31 bits per heavy atom. The molecule has 1 atom stereocenters. The Kier molecular flexibility index (Phi) is 6.59. The van der Waals surface area contributed by atoms with E-state index in [0.717, 1.165) is 30.2 Å². The van der Waals surface area contributed by atoms with Gasteiger partial charge in [-0.3, -0.25) is 9.59 Å². The van der Waals surface area contributed by atoms with Crippen molar-refractivity contribution in [2.45, 2.75) is 33.2 Å². The Bertz CT molecular complexity index is 1170. The van der Waals surface area contributed by atoms with Gasteiger partial charge in [0.1, 0.15) is 5.69 Å². The number of hydrogen-bond acceptors (Lipinski definition) is 8. The molecule has 1 aliphatic rings. The molecule has 1 N–H and O–H groups in total. The number of methoxy groups -OCH3 is 1. The maximum atomic E-state index is 12.9. The molecule has 3 heterocycles. The first-order valence-electron chi connectivity index (χ1n) is 10.7. The zero-order chi connectivity index (χ0) is 22.7. The van der Waals surface area contributed by atoms with Gasteiger partial charge in [-0.05, 0) is 43.4 Å². The van der Waals surface area contributed by atoms with Gasteiger partial charge in [0.15, 0.2) is 11.5 Å². The Hall–Kier alpha value is -3.14. The topological polar surface area (TPSA) is 98.1 Å². The molecule has 1 amide bonds. The number of nitrogens with one attached hydrogen (secondary N) is 1. The number of benzene rings is 1. The molecule has 32 heavy (non-hydrogen) atoms. The molecule has 1 aliphatic heterocycles. The van der Waals surface area contributed by atoms with E-state index < -0.39 is 11.5 Å². The molecule has 1 fully saturated rings. The summed E-state index contributed by atoms with van der Waals surface area (Å²) in [6, 6.07) is 6.72. The molecule has 0 radical (unpaired) electrons. The van der Waals surface area contributed by atoms with Gasteiger partial charge in [-0.2, -0.15) is 9.50 Å². The number of ether oxygens (including phenoxy) is 2. The minimum Gasteiger partial charge on any atom is -0.493 e. The predicted molar refractivity (Wildman–Crippen MR) is 123 cm³/mol. The van der Waals surface area contributed by atoms with Crippen molar-refractivity contribution in [2.75, 3.05) is 31.7 Å². The van der Waals surface area contributed by atoms with Crippen LogP contribution in [0.3, 0.4) is 0 Å². The van der Waals surface area contributed by atoms with Crippen LogP contribution in [0.5, 0.6) is 11.5 Å². The molecule has 10 heteroatoms. The van der Waals surface area contributed by atoms with E-state index in [4.69, 9.17) is 9.47 Å². The van der Waals surface area contributed by atoms with Gasteiger partial charge in [-0.15, -0.1) is 5.10 Å². The standard InChI is InChI=1S/C22H27N5O4S/c1-4-31-17-8-7-15(10-18(17)30-3)12-23-20(29)16-11-19(28)24-21-27(16)25-22(32-21)26-9-5-6-14(2)13-26/h7-8,10-11,14H,4-6,9,12-13H2,1-3H3,(H,23,29)/t14-/m0/s1. The molecule has 1 saturated heterocycles. The number of anilines is 1. The summed E-state index contributed by atoms with van der Waals surface area (Å²) < 4.78 is 12.4. The highest BCUT2D eigenvalue weighted by atomic mass is 32.1. The molecule has 0 bridgehead atoms. The number of piperidine rings is 1. The third-order valence-electron chi connectivity index (χ3n) is 5.38. The van der Waals surface area contributed by atoms with Crippen LogP contribution in [-0.2, 0) is 6.54 Å². The van der Waals surface area contributed by atoms with Gasteiger partial charge in [0.2, 0.25) is 10.1 Å². The fourth-order valence-electron chi connectivity index (χ4n) is 3.83. The highest BCUT2D eigenvalue weighted by Gasteiger charge is 2.22. The molecule has 0 aliphatic carbocycles. The number of amides is 1. The van der Waals surface area contributed by atoms with E-state index in [1.165, 1.54) is 28.3 Å². The molecular formula is C22H27N5O4S. The van der Waals surface area contributed by atoms with Gasteiger partial charge in [-0.1, -0.05) is 24.3 Å². The van der Waals surface area contributed by atoms with Crippen LogP contribution >= 0.6 is 11.3 Å². The predicted octanol–water partition coefficient (Wildman–Crippen LogP) is 2.72. The van der Waals surface area contributed by atoms with E-state index >= 15 is 0 Å². The summed E-state index contributed by atoms with van der Waals surface area (Å²) in [6.45, 7) is 6.74. The Morgan fingerprint density at radius 2 is 2.16 bits per heavy atom. The quantitative estimate of drug-likeness (QED) is 0.582. The second-order valence-corrected chi connectivity index (χ2v) is 8.79. The summed E-state index contributed by atoms with van der Waals surface area (Å²) in [5.41, 5.74) is 0.558. The van der Waals surface area contributed by atoms with Crippen LogP contribution in [0.15, 0.2) is 29.1 Å². The largest absolute Gasteiger partial charge is 0.493 e. The average molecular weight is 458 g/mol. The van der Waals surface area contributed by atoms with Gasteiger partial charge in [0.25, 0.3) is 11.5 Å². The second kappa shape index (κ2) is 9.56. The third-order valence-corrected chi connectivity index (χ3v) is 6.35. The molecule has 0 spiro atoms. The number of fused-ring (bicyclic) bond motifs is 1. The summed E-state index contributed by atoms with van der Waals surface area (Å²) in [7, 11) is 1.57. The van der Waals surface area contributed by atoms with Crippen molar-refractivity contribution in [1.29, 1.82) is 0 Å². The lowest BCUT2D eigenvalue weighted by atomic mass is 10.0. The van der Waals surface area contributed by atoms with Crippen molar-refractivity contribution in [1.82, 2.24) is 19.9 Å². The maximum absolute atomic E-state index is 12.9. The minimum absolute atomic E-state index is 0.172. The fraction of sp³-hybridized carbons (Fsp3) is 0.455. The maximum Gasteiger partial charge on any atom is 0.274 e. The van der Waals surface area contributed by atoms with Crippen molar-refractivity contribution >= 4 is 27.3 Å². The fourth-order valence-corrected chi connectivity index (χ4v) is 4.77. The van der Waals surface area contributed by atoms with Crippen molar-refractivity contribution < 1.29 is 14.3 Å². The van der Waals surface area contributed by atoms with Crippen LogP contribution in [0.1, 0.15) is 42.7 Å². The van der Waals surface area contributed by atoms with Crippen LogP contribution < -0.4 is 25.2 Å². The number of hydrogen-bond donors (Lipinski definition) is 1. The lowest BCUT2D eigenvalue weighted by molar-refractivity contribution is 0.0943. The average Bonchev–Trinajstić information content (AvgIpc) is 3.21. The monoisotopic (exact) mass is 457 g/mol. The van der Waals surface area contributed by atoms with E-state index in [9.17, 15) is 9.59 Å². The highest BCUT2D eigenvalue weighted by Crippen LogP contribution is 2.29. The van der Waals surface area contributed by atoms with Crippen molar-refractivity contribution in [3.63, 3.8) is 0 Å². The summed E-state index contributed by atoms with van der Waals surface area (Å²) in [6.07, 6.45) is 2.29. The van der Waals surface area contributed by atoms with E-state index in [1.54, 1.807) is 7.11 Å². The van der Waals surface area contributed by atoms with Gasteiger partial charge < -0.3 is 19.7 Å². The second-order valence-electron chi connectivity index (χ2n) is 7.85. The summed E-state index contributed by atoms with van der Waals surface area (Å²) in [4.78, 5) is 31.7. The molecule has 170 valence electrons. The van der Waals surface area contributed by atoms with E-state index in [0.29, 0.717) is 29.0 Å². The molecule has 2 aromatic heterocycles. The summed E-state index contributed by atoms with van der Waals surface area (Å²) >= 11 is 1.33. The van der Waals surface area contributed by atoms with Gasteiger partial charge >= 0.3 is 0 Å². The molecule has 1 aromatic carbocycles. The van der Waals surface area contributed by atoms with Gasteiger partial charge in [0, 0.05) is 25.7 Å². The zero-order valence-electron chi connectivity index (χ0n) is 18.5. The van der Waals surface area contributed by atoms with E-state index in [1.807, 2.05) is 25.1 Å². The van der Waals surface area contributed by atoms with E-state index in [2.05, 4.69) is 27.2 Å². The van der Waals surface area contributed by atoms with Crippen LogP contribution in [0.2, 0.25) is 0 Å². The normalized spacial score (nSPS) is 16.2. The molecule has 9 nitrogen and oxygen atoms in total. The number of rotatable bonds is 7. The van der Waals surface area contributed by atoms with Gasteiger partial charge in [-0.25, -0.2) is 0 Å². The van der Waals surface area contributed by atoms with Crippen LogP contribution in [0.25, 0.3) is 4.96 Å². The van der Waals surface area contributed by atoms with Gasteiger partial charge in [0.05, 0.1) is 13.7 Å². The number of carbonyl (C=O) groups is 1. The molecule has 4 rings (SSSR count).